The molecule has 0 radical (unpaired) electrons. The lowest BCUT2D eigenvalue weighted by atomic mass is 9.97. The van der Waals surface area contributed by atoms with Crippen molar-refractivity contribution in [1.82, 2.24) is 10.8 Å². The quantitative estimate of drug-likeness (QED) is 0.630. The van der Waals surface area contributed by atoms with E-state index in [1.807, 2.05) is 0 Å². The number of carbonyl (C=O) groups excluding carboxylic acids is 2. The summed E-state index contributed by atoms with van der Waals surface area (Å²) in [4.78, 5) is 28.0. The molecular formula is C10H14N2O3. The van der Waals surface area contributed by atoms with Crippen molar-refractivity contribution in [1.29, 1.82) is 0 Å². The Kier molecular flexibility index (Phi) is 1.95. The molecule has 3 fully saturated rings. The first kappa shape index (κ1) is 9.15. The van der Waals surface area contributed by atoms with Gasteiger partial charge in [-0.25, -0.2) is 5.48 Å². The van der Waals surface area contributed by atoms with E-state index in [0.29, 0.717) is 0 Å². The summed E-state index contributed by atoms with van der Waals surface area (Å²) in [5.41, 5.74) is 2.45. The Morgan fingerprint density at radius 2 is 2.27 bits per heavy atom. The number of hydrogen-bond acceptors (Lipinski definition) is 3. The zero-order chi connectivity index (χ0) is 10.4. The summed E-state index contributed by atoms with van der Waals surface area (Å²) in [7, 11) is 0. The number of fused-ring (bicyclic) bond motifs is 1. The highest BCUT2D eigenvalue weighted by Crippen LogP contribution is 2.45. The maximum Gasteiger partial charge on any atom is 0.266 e. The number of nitrogens with one attached hydrogen (secondary N) is 2. The summed E-state index contributed by atoms with van der Waals surface area (Å²) >= 11 is 0. The van der Waals surface area contributed by atoms with Crippen LogP contribution in [0.2, 0.25) is 0 Å². The zero-order valence-electron chi connectivity index (χ0n) is 8.36. The highest BCUT2D eigenvalue weighted by Gasteiger charge is 2.56. The molecule has 0 unspecified atom stereocenters. The van der Waals surface area contributed by atoms with Crippen LogP contribution in [-0.4, -0.2) is 24.0 Å². The van der Waals surface area contributed by atoms with E-state index < -0.39 is 0 Å². The number of hydrogen-bond donors (Lipinski definition) is 2. The van der Waals surface area contributed by atoms with Gasteiger partial charge in [0.2, 0.25) is 5.91 Å². The average molecular weight is 210 g/mol. The summed E-state index contributed by atoms with van der Waals surface area (Å²) in [6.07, 6.45) is 4.24. The van der Waals surface area contributed by atoms with Crippen LogP contribution in [-0.2, 0) is 14.4 Å². The fourth-order valence-electron chi connectivity index (χ4n) is 2.21. The van der Waals surface area contributed by atoms with Crippen LogP contribution in [0.3, 0.4) is 0 Å². The molecule has 3 aliphatic rings. The smallest absolute Gasteiger partial charge is 0.266 e. The Bertz CT molecular complexity index is 314. The van der Waals surface area contributed by atoms with Crippen LogP contribution in [0.25, 0.3) is 0 Å². The fraction of sp³-hybridized carbons (Fsp3) is 0.800. The first-order chi connectivity index (χ1) is 7.25. The van der Waals surface area contributed by atoms with Gasteiger partial charge in [0.15, 0.2) is 0 Å². The Balaban J connectivity index is 1.49. The van der Waals surface area contributed by atoms with E-state index in [9.17, 15) is 9.59 Å². The van der Waals surface area contributed by atoms with Crippen molar-refractivity contribution in [3.8, 4) is 0 Å². The molecule has 3 atom stereocenters. The van der Waals surface area contributed by atoms with E-state index in [1.165, 1.54) is 6.42 Å². The van der Waals surface area contributed by atoms with Gasteiger partial charge < -0.3 is 5.32 Å². The van der Waals surface area contributed by atoms with E-state index in [1.54, 1.807) is 0 Å². The first-order valence-corrected chi connectivity index (χ1v) is 5.51. The van der Waals surface area contributed by atoms with Gasteiger partial charge >= 0.3 is 0 Å². The third kappa shape index (κ3) is 1.51. The molecule has 2 aliphatic carbocycles. The maximum absolute atomic E-state index is 11.6. The lowest BCUT2D eigenvalue weighted by molar-refractivity contribution is -0.146. The molecular weight excluding hydrogens is 196 g/mol. The van der Waals surface area contributed by atoms with Gasteiger partial charge in [-0.3, -0.25) is 14.4 Å². The average Bonchev–Trinajstić information content (AvgIpc) is 2.85. The predicted octanol–water partition coefficient (Wildman–Crippen LogP) is -0.279. The highest BCUT2D eigenvalue weighted by atomic mass is 16.7. The number of piperidine rings is 1. The molecule has 1 aliphatic heterocycles. The molecule has 0 bridgehead atoms. The van der Waals surface area contributed by atoms with Gasteiger partial charge in [0.05, 0.1) is 6.10 Å². The van der Waals surface area contributed by atoms with Crippen LogP contribution < -0.4 is 10.8 Å². The van der Waals surface area contributed by atoms with Crippen LogP contribution in [0.1, 0.15) is 25.7 Å². The minimum atomic E-state index is -0.359. The van der Waals surface area contributed by atoms with Gasteiger partial charge in [-0.1, -0.05) is 0 Å². The van der Waals surface area contributed by atoms with Crippen molar-refractivity contribution >= 4 is 11.8 Å². The van der Waals surface area contributed by atoms with Gasteiger partial charge in [-0.15, -0.1) is 0 Å². The molecule has 0 aromatic heterocycles. The van der Waals surface area contributed by atoms with Crippen molar-refractivity contribution in [3.63, 3.8) is 0 Å². The Hall–Kier alpha value is -1.10. The van der Waals surface area contributed by atoms with Gasteiger partial charge in [0.1, 0.15) is 6.04 Å². The third-order valence-electron chi connectivity index (χ3n) is 3.56. The Morgan fingerprint density at radius 3 is 2.73 bits per heavy atom. The van der Waals surface area contributed by atoms with Gasteiger partial charge in [0.25, 0.3) is 5.91 Å². The largest absolute Gasteiger partial charge is 0.344 e. The van der Waals surface area contributed by atoms with Crippen molar-refractivity contribution in [2.45, 2.75) is 37.8 Å². The van der Waals surface area contributed by atoms with Gasteiger partial charge in [-0.2, -0.15) is 0 Å². The molecule has 3 rings (SSSR count). The van der Waals surface area contributed by atoms with E-state index in [0.717, 1.165) is 19.3 Å². The molecule has 1 heterocycles. The lowest BCUT2D eigenvalue weighted by Gasteiger charge is -2.25. The van der Waals surface area contributed by atoms with Crippen LogP contribution in [0, 0.1) is 11.8 Å². The van der Waals surface area contributed by atoms with Crippen molar-refractivity contribution in [2.24, 2.45) is 11.8 Å². The summed E-state index contributed by atoms with van der Waals surface area (Å²) in [5.74, 6) is 0.121. The Morgan fingerprint density at radius 1 is 1.47 bits per heavy atom. The molecule has 2 N–H and O–H groups in total. The van der Waals surface area contributed by atoms with Crippen LogP contribution in [0.5, 0.6) is 0 Å². The molecule has 82 valence electrons. The number of hydroxylamine groups is 1. The van der Waals surface area contributed by atoms with Crippen LogP contribution >= 0.6 is 0 Å². The van der Waals surface area contributed by atoms with E-state index in [-0.39, 0.29) is 35.8 Å². The van der Waals surface area contributed by atoms with Gasteiger partial charge in [-0.05, 0) is 25.7 Å². The number of amides is 2. The maximum atomic E-state index is 11.6. The second-order valence-corrected chi connectivity index (χ2v) is 4.63. The minimum Gasteiger partial charge on any atom is -0.344 e. The minimum absolute atomic E-state index is 0.0174. The number of carbonyl (C=O) groups is 2. The molecule has 5 heteroatoms. The molecule has 1 saturated heterocycles. The second kappa shape index (κ2) is 3.20. The van der Waals surface area contributed by atoms with Crippen molar-refractivity contribution in [3.05, 3.63) is 0 Å². The third-order valence-corrected chi connectivity index (χ3v) is 3.56. The van der Waals surface area contributed by atoms with Crippen molar-refractivity contribution < 1.29 is 14.4 Å². The molecule has 2 saturated carbocycles. The Labute approximate surface area is 87.5 Å². The summed E-state index contributed by atoms with van der Waals surface area (Å²) in [6, 6.07) is -0.359. The topological polar surface area (TPSA) is 67.4 Å². The molecule has 0 spiro atoms. The summed E-state index contributed by atoms with van der Waals surface area (Å²) < 4.78 is 0. The fourth-order valence-corrected chi connectivity index (χ4v) is 2.21. The standard InChI is InChI=1S/C10H14N2O3/c13-9-7-4-6(7)8(11-9)10(14)12-15-5-2-1-3-5/h5-8H,1-4H2,(H,11,13)(H,12,14)/t6-,7+,8+/m0/s1. The first-order valence-electron chi connectivity index (χ1n) is 5.51. The molecule has 0 aromatic carbocycles. The zero-order valence-corrected chi connectivity index (χ0v) is 8.36. The van der Waals surface area contributed by atoms with E-state index in [4.69, 9.17) is 4.84 Å². The van der Waals surface area contributed by atoms with Crippen molar-refractivity contribution in [2.75, 3.05) is 0 Å². The monoisotopic (exact) mass is 210 g/mol. The lowest BCUT2D eigenvalue weighted by Crippen LogP contribution is -2.46. The predicted molar refractivity (Wildman–Crippen MR) is 50.4 cm³/mol. The van der Waals surface area contributed by atoms with Crippen LogP contribution in [0.15, 0.2) is 0 Å². The molecule has 0 aromatic rings. The summed E-state index contributed by atoms with van der Waals surface area (Å²) in [5, 5.41) is 2.68. The number of rotatable bonds is 3. The molecule has 5 nitrogen and oxygen atoms in total. The summed E-state index contributed by atoms with van der Waals surface area (Å²) in [6.45, 7) is 0. The molecule has 15 heavy (non-hydrogen) atoms. The normalized spacial score (nSPS) is 37.9. The van der Waals surface area contributed by atoms with Crippen LogP contribution in [0.4, 0.5) is 0 Å². The second-order valence-electron chi connectivity index (χ2n) is 4.63. The SMILES string of the molecule is O=C1N[C@@H](C(=O)NOC2CCC2)[C@H]2C[C@@H]12. The highest BCUT2D eigenvalue weighted by molar-refractivity contribution is 5.94. The molecule has 2 amide bonds. The van der Waals surface area contributed by atoms with E-state index in [2.05, 4.69) is 10.8 Å². The van der Waals surface area contributed by atoms with Gasteiger partial charge in [0, 0.05) is 11.8 Å². The van der Waals surface area contributed by atoms with E-state index >= 15 is 0 Å².